The van der Waals surface area contributed by atoms with Crippen LogP contribution < -0.4 is 5.32 Å². The zero-order chi connectivity index (χ0) is 15.9. The molecule has 2 N–H and O–H groups in total. The van der Waals surface area contributed by atoms with Gasteiger partial charge < -0.3 is 10.4 Å². The van der Waals surface area contributed by atoms with Gasteiger partial charge in [-0.3, -0.25) is 0 Å². The Bertz CT molecular complexity index is 604. The van der Waals surface area contributed by atoms with Crippen LogP contribution in [0.15, 0.2) is 18.2 Å². The molecule has 0 bridgehead atoms. The molecule has 0 spiro atoms. The van der Waals surface area contributed by atoms with E-state index < -0.39 is 0 Å². The van der Waals surface area contributed by atoms with E-state index in [9.17, 15) is 5.11 Å². The summed E-state index contributed by atoms with van der Waals surface area (Å²) < 4.78 is 0. The van der Waals surface area contributed by atoms with Crippen molar-refractivity contribution in [2.75, 3.05) is 7.05 Å². The van der Waals surface area contributed by atoms with Crippen molar-refractivity contribution >= 4 is 0 Å². The monoisotopic (exact) mass is 299 g/mol. The fourth-order valence-electron chi connectivity index (χ4n) is 5.06. The largest absolute Gasteiger partial charge is 0.507 e. The number of aromatic hydroxyl groups is 1. The van der Waals surface area contributed by atoms with Crippen LogP contribution in [0, 0.1) is 12.3 Å². The van der Waals surface area contributed by atoms with E-state index >= 15 is 0 Å². The number of fused-ring (bicyclic) bond motifs is 3. The third-order valence-corrected chi connectivity index (χ3v) is 6.08. The zero-order valence-electron chi connectivity index (χ0n) is 14.4. The number of rotatable bonds is 3. The van der Waals surface area contributed by atoms with Crippen LogP contribution >= 0.6 is 0 Å². The summed E-state index contributed by atoms with van der Waals surface area (Å²) in [5.74, 6) is 1.13. The standard InChI is InChI=1S/C20H29NO/c1-5-6-9-14-12-13(2)16-15-10-7-8-11-20(15,3)19(21-4)17(16)18(14)22/h5-6,12,15,19,21-22H,7-11H2,1-4H3. The molecule has 1 aromatic carbocycles. The van der Waals surface area contributed by atoms with E-state index in [0.717, 1.165) is 12.0 Å². The average Bonchev–Trinajstić information content (AvgIpc) is 2.78. The molecule has 0 heterocycles. The van der Waals surface area contributed by atoms with Crippen molar-refractivity contribution in [2.24, 2.45) is 5.41 Å². The van der Waals surface area contributed by atoms with Gasteiger partial charge in [-0.1, -0.05) is 38.0 Å². The SMILES string of the molecule is CC=CCc1cc(C)c2c(c1O)C(NC)C1(C)CCCCC21. The molecule has 3 atom stereocenters. The Morgan fingerprint density at radius 2 is 2.14 bits per heavy atom. The Kier molecular flexibility index (Phi) is 4.07. The second-order valence-electron chi connectivity index (χ2n) is 7.33. The quantitative estimate of drug-likeness (QED) is 0.789. The van der Waals surface area contributed by atoms with Crippen LogP contribution in [-0.2, 0) is 6.42 Å². The Hall–Kier alpha value is -1.28. The molecule has 3 unspecified atom stereocenters. The summed E-state index contributed by atoms with van der Waals surface area (Å²) in [6, 6.07) is 2.48. The summed E-state index contributed by atoms with van der Waals surface area (Å²) in [6.45, 7) is 6.68. The van der Waals surface area contributed by atoms with Crippen molar-refractivity contribution in [1.29, 1.82) is 0 Å². The number of phenols is 1. The van der Waals surface area contributed by atoms with Gasteiger partial charge in [0.25, 0.3) is 0 Å². The van der Waals surface area contributed by atoms with Crippen molar-refractivity contribution in [3.8, 4) is 5.75 Å². The van der Waals surface area contributed by atoms with Crippen molar-refractivity contribution in [2.45, 2.75) is 64.8 Å². The second-order valence-corrected chi connectivity index (χ2v) is 7.33. The van der Waals surface area contributed by atoms with E-state index in [0.29, 0.717) is 11.7 Å². The molecule has 2 aliphatic carbocycles. The topological polar surface area (TPSA) is 32.3 Å². The highest BCUT2D eigenvalue weighted by Gasteiger charge is 2.52. The molecule has 1 fully saturated rings. The first-order valence-corrected chi connectivity index (χ1v) is 8.68. The maximum atomic E-state index is 10.9. The normalized spacial score (nSPS) is 30.5. The summed E-state index contributed by atoms with van der Waals surface area (Å²) in [5.41, 5.74) is 5.30. The lowest BCUT2D eigenvalue weighted by Crippen LogP contribution is -2.35. The highest BCUT2D eigenvalue weighted by atomic mass is 16.3. The van der Waals surface area contributed by atoms with Gasteiger partial charge in [-0.2, -0.15) is 0 Å². The Morgan fingerprint density at radius 1 is 1.36 bits per heavy atom. The van der Waals surface area contributed by atoms with Gasteiger partial charge in [-0.25, -0.2) is 0 Å². The summed E-state index contributed by atoms with van der Waals surface area (Å²) in [7, 11) is 2.05. The lowest BCUT2D eigenvalue weighted by atomic mass is 9.66. The Morgan fingerprint density at radius 3 is 2.82 bits per heavy atom. The van der Waals surface area contributed by atoms with Crippen molar-refractivity contribution in [3.05, 3.63) is 40.5 Å². The summed E-state index contributed by atoms with van der Waals surface area (Å²) in [5, 5.41) is 14.5. The molecule has 120 valence electrons. The van der Waals surface area contributed by atoms with Crippen LogP contribution in [-0.4, -0.2) is 12.2 Å². The molecule has 2 nitrogen and oxygen atoms in total. The lowest BCUT2D eigenvalue weighted by Gasteiger charge is -2.41. The van der Waals surface area contributed by atoms with Crippen LogP contribution in [0.5, 0.6) is 5.75 Å². The molecule has 2 aliphatic rings. The van der Waals surface area contributed by atoms with Gasteiger partial charge in [0.15, 0.2) is 0 Å². The molecular formula is C20H29NO. The number of hydrogen-bond donors (Lipinski definition) is 2. The third-order valence-electron chi connectivity index (χ3n) is 6.08. The first-order valence-electron chi connectivity index (χ1n) is 8.68. The van der Waals surface area contributed by atoms with Gasteiger partial charge in [0.2, 0.25) is 0 Å². The number of aryl methyl sites for hydroxylation is 1. The minimum Gasteiger partial charge on any atom is -0.507 e. The number of nitrogens with one attached hydrogen (secondary N) is 1. The number of phenolic OH excluding ortho intramolecular Hbond substituents is 1. The molecule has 2 heteroatoms. The fourth-order valence-corrected chi connectivity index (χ4v) is 5.06. The lowest BCUT2D eigenvalue weighted by molar-refractivity contribution is 0.140. The van der Waals surface area contributed by atoms with Crippen LogP contribution in [0.25, 0.3) is 0 Å². The molecule has 1 saturated carbocycles. The van der Waals surface area contributed by atoms with E-state index in [1.807, 2.05) is 14.0 Å². The second kappa shape index (κ2) is 5.73. The number of allylic oxidation sites excluding steroid dienone is 2. The maximum absolute atomic E-state index is 10.9. The highest BCUT2D eigenvalue weighted by Crippen LogP contribution is 2.63. The highest BCUT2D eigenvalue weighted by molar-refractivity contribution is 5.57. The van der Waals surface area contributed by atoms with Crippen molar-refractivity contribution in [3.63, 3.8) is 0 Å². The van der Waals surface area contributed by atoms with E-state index in [4.69, 9.17) is 0 Å². The predicted octanol–water partition coefficient (Wildman–Crippen LogP) is 4.76. The maximum Gasteiger partial charge on any atom is 0.124 e. The van der Waals surface area contributed by atoms with Gasteiger partial charge in [0, 0.05) is 11.6 Å². The predicted molar refractivity (Wildman–Crippen MR) is 92.5 cm³/mol. The van der Waals surface area contributed by atoms with E-state index in [1.165, 1.54) is 42.4 Å². The molecule has 0 saturated heterocycles. The van der Waals surface area contributed by atoms with E-state index in [2.05, 4.69) is 37.4 Å². The minimum absolute atomic E-state index is 0.247. The summed E-state index contributed by atoms with van der Waals surface area (Å²) in [6.07, 6.45) is 10.1. The Balaban J connectivity index is 2.18. The van der Waals surface area contributed by atoms with Crippen LogP contribution in [0.2, 0.25) is 0 Å². The van der Waals surface area contributed by atoms with E-state index in [1.54, 1.807) is 0 Å². The summed E-state index contributed by atoms with van der Waals surface area (Å²) in [4.78, 5) is 0. The van der Waals surface area contributed by atoms with Crippen LogP contribution in [0.4, 0.5) is 0 Å². The van der Waals surface area contributed by atoms with Gasteiger partial charge in [0.1, 0.15) is 5.75 Å². The van der Waals surface area contributed by atoms with Gasteiger partial charge >= 0.3 is 0 Å². The smallest absolute Gasteiger partial charge is 0.124 e. The first-order chi connectivity index (χ1) is 10.5. The molecule has 0 amide bonds. The zero-order valence-corrected chi connectivity index (χ0v) is 14.4. The van der Waals surface area contributed by atoms with Gasteiger partial charge in [-0.05, 0) is 68.2 Å². The molecule has 3 rings (SSSR count). The van der Waals surface area contributed by atoms with Crippen molar-refractivity contribution < 1.29 is 5.11 Å². The number of hydrogen-bond acceptors (Lipinski definition) is 2. The minimum atomic E-state index is 0.247. The fraction of sp³-hybridized carbons (Fsp3) is 0.600. The first kappa shape index (κ1) is 15.6. The summed E-state index contributed by atoms with van der Waals surface area (Å²) >= 11 is 0. The Labute approximate surface area is 134 Å². The van der Waals surface area contributed by atoms with Gasteiger partial charge in [-0.15, -0.1) is 0 Å². The molecule has 0 aliphatic heterocycles. The van der Waals surface area contributed by atoms with Crippen LogP contribution in [0.1, 0.15) is 73.7 Å². The third kappa shape index (κ3) is 2.11. The average molecular weight is 299 g/mol. The number of benzene rings is 1. The van der Waals surface area contributed by atoms with E-state index in [-0.39, 0.29) is 11.5 Å². The molecule has 22 heavy (non-hydrogen) atoms. The molecule has 0 radical (unpaired) electrons. The van der Waals surface area contributed by atoms with Crippen molar-refractivity contribution in [1.82, 2.24) is 5.32 Å². The molecule has 1 aromatic rings. The van der Waals surface area contributed by atoms with Gasteiger partial charge in [0.05, 0.1) is 0 Å². The van der Waals surface area contributed by atoms with Crippen LogP contribution in [0.3, 0.4) is 0 Å². The molecular weight excluding hydrogens is 270 g/mol. The molecule has 0 aromatic heterocycles.